The minimum absolute atomic E-state index is 0.0461. The molecular weight excluding hydrogens is 326 g/mol. The summed E-state index contributed by atoms with van der Waals surface area (Å²) >= 11 is 0. The van der Waals surface area contributed by atoms with Gasteiger partial charge in [-0.1, -0.05) is 12.1 Å². The third-order valence-electron chi connectivity index (χ3n) is 4.93. The molecule has 0 radical (unpaired) electrons. The van der Waals surface area contributed by atoms with Crippen molar-refractivity contribution >= 4 is 17.1 Å². The van der Waals surface area contributed by atoms with E-state index in [2.05, 4.69) is 33.3 Å². The van der Waals surface area contributed by atoms with Gasteiger partial charge in [0.15, 0.2) is 0 Å². The van der Waals surface area contributed by atoms with Crippen molar-refractivity contribution in [2.24, 2.45) is 0 Å². The molecule has 1 aliphatic heterocycles. The fourth-order valence-corrected chi connectivity index (χ4v) is 3.62. The normalized spacial score (nSPS) is 17.4. The van der Waals surface area contributed by atoms with E-state index >= 15 is 0 Å². The lowest BCUT2D eigenvalue weighted by atomic mass is 9.97. The van der Waals surface area contributed by atoms with Gasteiger partial charge in [0.05, 0.1) is 23.6 Å². The number of imidazole rings is 1. The van der Waals surface area contributed by atoms with E-state index in [4.69, 9.17) is 0 Å². The topological polar surface area (TPSA) is 73.9 Å². The van der Waals surface area contributed by atoms with Crippen molar-refractivity contribution in [3.05, 3.63) is 59.7 Å². The number of likely N-dealkylation sites (tertiary alicyclic amines) is 1. The maximum Gasteiger partial charge on any atom is 0.318 e. The largest absolute Gasteiger partial charge is 0.340 e. The molecule has 1 saturated heterocycles. The number of aromatic amines is 1. The van der Waals surface area contributed by atoms with Gasteiger partial charge in [0.2, 0.25) is 0 Å². The molecule has 3 aromatic rings. The molecule has 0 aliphatic carbocycles. The molecule has 0 bridgehead atoms. The third-order valence-corrected chi connectivity index (χ3v) is 4.93. The highest BCUT2D eigenvalue weighted by atomic mass is 16.2. The van der Waals surface area contributed by atoms with E-state index in [1.807, 2.05) is 35.4 Å². The van der Waals surface area contributed by atoms with E-state index in [0.29, 0.717) is 6.54 Å². The zero-order valence-corrected chi connectivity index (χ0v) is 14.9. The number of hydrogen-bond acceptors (Lipinski definition) is 3. The van der Waals surface area contributed by atoms with Gasteiger partial charge in [0.1, 0.15) is 5.82 Å². The highest BCUT2D eigenvalue weighted by Crippen LogP contribution is 2.30. The fourth-order valence-electron chi connectivity index (χ4n) is 3.62. The minimum atomic E-state index is -0.0461. The lowest BCUT2D eigenvalue weighted by Crippen LogP contribution is -2.44. The van der Waals surface area contributed by atoms with Crippen LogP contribution in [-0.4, -0.2) is 32.4 Å². The fraction of sp³-hybridized carbons (Fsp3) is 0.350. The monoisotopic (exact) mass is 349 g/mol. The highest BCUT2D eigenvalue weighted by Gasteiger charge is 2.28. The molecule has 2 amide bonds. The summed E-state index contributed by atoms with van der Waals surface area (Å²) in [5.74, 6) is 0.772. The molecule has 134 valence electrons. The number of benzene rings is 1. The number of fused-ring (bicyclic) bond motifs is 1. The first-order chi connectivity index (χ1) is 12.7. The Morgan fingerprint density at radius 2 is 2.27 bits per heavy atom. The second-order valence-electron chi connectivity index (χ2n) is 6.85. The number of amides is 2. The van der Waals surface area contributed by atoms with Crippen LogP contribution in [0.5, 0.6) is 0 Å². The number of carbonyl (C=O) groups excluding carboxylic acids is 1. The van der Waals surface area contributed by atoms with Crippen LogP contribution in [0.25, 0.3) is 11.0 Å². The molecule has 1 aliphatic rings. The van der Waals surface area contributed by atoms with Gasteiger partial charge in [-0.2, -0.15) is 0 Å². The van der Waals surface area contributed by atoms with Crippen molar-refractivity contribution in [2.75, 3.05) is 6.54 Å². The van der Waals surface area contributed by atoms with Crippen LogP contribution in [-0.2, 0) is 6.54 Å². The first-order valence-electron chi connectivity index (χ1n) is 9.10. The van der Waals surface area contributed by atoms with Crippen LogP contribution in [0.4, 0.5) is 4.79 Å². The van der Waals surface area contributed by atoms with Crippen LogP contribution in [0.2, 0.25) is 0 Å². The smallest absolute Gasteiger partial charge is 0.318 e. The lowest BCUT2D eigenvalue weighted by molar-refractivity contribution is 0.151. The molecule has 1 atom stereocenters. The number of carbonyl (C=O) groups is 1. The molecule has 2 N–H and O–H groups in total. The second-order valence-corrected chi connectivity index (χ2v) is 6.85. The SMILES string of the molecule is Cc1ccc2nc(CNC(=O)N3CCCCC3c3cccnc3)[nH]c2c1. The first-order valence-corrected chi connectivity index (χ1v) is 9.10. The summed E-state index contributed by atoms with van der Waals surface area (Å²) in [4.78, 5) is 26.7. The molecule has 3 heterocycles. The number of urea groups is 1. The van der Waals surface area contributed by atoms with Gasteiger partial charge >= 0.3 is 6.03 Å². The predicted octanol–water partition coefficient (Wildman–Crippen LogP) is 3.70. The van der Waals surface area contributed by atoms with E-state index < -0.39 is 0 Å². The number of nitrogens with one attached hydrogen (secondary N) is 2. The average Bonchev–Trinajstić information content (AvgIpc) is 3.09. The zero-order chi connectivity index (χ0) is 17.9. The van der Waals surface area contributed by atoms with Crippen LogP contribution < -0.4 is 5.32 Å². The van der Waals surface area contributed by atoms with Crippen molar-refractivity contribution in [1.82, 2.24) is 25.2 Å². The molecule has 0 spiro atoms. The van der Waals surface area contributed by atoms with E-state index in [1.165, 1.54) is 5.56 Å². The van der Waals surface area contributed by atoms with Crippen LogP contribution in [0.3, 0.4) is 0 Å². The first kappa shape index (κ1) is 16.6. The minimum Gasteiger partial charge on any atom is -0.340 e. The Morgan fingerprint density at radius 1 is 1.35 bits per heavy atom. The van der Waals surface area contributed by atoms with Crippen molar-refractivity contribution < 1.29 is 4.79 Å². The Labute approximate surface area is 152 Å². The molecule has 1 fully saturated rings. The number of hydrogen-bond donors (Lipinski definition) is 2. The summed E-state index contributed by atoms with van der Waals surface area (Å²) in [6, 6.07) is 10.1. The molecule has 1 aromatic carbocycles. The molecule has 1 unspecified atom stereocenters. The van der Waals surface area contributed by atoms with Crippen molar-refractivity contribution in [2.45, 2.75) is 38.8 Å². The van der Waals surface area contributed by atoms with E-state index in [0.717, 1.165) is 48.2 Å². The number of pyridine rings is 1. The Morgan fingerprint density at radius 3 is 3.12 bits per heavy atom. The summed E-state index contributed by atoms with van der Waals surface area (Å²) in [6.45, 7) is 3.21. The van der Waals surface area contributed by atoms with Crippen LogP contribution in [0.15, 0.2) is 42.7 Å². The molecule has 2 aromatic heterocycles. The van der Waals surface area contributed by atoms with Gasteiger partial charge in [-0.25, -0.2) is 9.78 Å². The summed E-state index contributed by atoms with van der Waals surface area (Å²) in [5.41, 5.74) is 4.21. The van der Waals surface area contributed by atoms with E-state index in [1.54, 1.807) is 6.20 Å². The zero-order valence-electron chi connectivity index (χ0n) is 14.9. The maximum atomic E-state index is 12.8. The number of rotatable bonds is 3. The van der Waals surface area contributed by atoms with E-state index in [-0.39, 0.29) is 12.1 Å². The van der Waals surface area contributed by atoms with Crippen molar-refractivity contribution in [1.29, 1.82) is 0 Å². The molecule has 0 saturated carbocycles. The predicted molar refractivity (Wildman–Crippen MR) is 101 cm³/mol. The van der Waals surface area contributed by atoms with Crippen molar-refractivity contribution in [3.63, 3.8) is 0 Å². The number of aromatic nitrogens is 3. The average molecular weight is 349 g/mol. The van der Waals surface area contributed by atoms with Gasteiger partial charge in [-0.15, -0.1) is 0 Å². The van der Waals surface area contributed by atoms with Crippen LogP contribution in [0, 0.1) is 6.92 Å². The lowest BCUT2D eigenvalue weighted by Gasteiger charge is -2.35. The maximum absolute atomic E-state index is 12.8. The molecule has 6 heteroatoms. The third kappa shape index (κ3) is 3.40. The Bertz CT molecular complexity index is 905. The molecule has 26 heavy (non-hydrogen) atoms. The van der Waals surface area contributed by atoms with Gasteiger partial charge in [0, 0.05) is 18.9 Å². The summed E-state index contributed by atoms with van der Waals surface area (Å²) in [6.07, 6.45) is 6.77. The summed E-state index contributed by atoms with van der Waals surface area (Å²) < 4.78 is 0. The van der Waals surface area contributed by atoms with Gasteiger partial charge < -0.3 is 15.2 Å². The number of nitrogens with zero attached hydrogens (tertiary/aromatic N) is 3. The van der Waals surface area contributed by atoms with Gasteiger partial charge in [-0.3, -0.25) is 4.98 Å². The Balaban J connectivity index is 1.45. The van der Waals surface area contributed by atoms with Gasteiger partial charge in [0.25, 0.3) is 0 Å². The van der Waals surface area contributed by atoms with Crippen LogP contribution in [0.1, 0.15) is 42.3 Å². The summed E-state index contributed by atoms with van der Waals surface area (Å²) in [5, 5.41) is 3.02. The second kappa shape index (κ2) is 7.15. The quantitative estimate of drug-likeness (QED) is 0.757. The van der Waals surface area contributed by atoms with Crippen molar-refractivity contribution in [3.8, 4) is 0 Å². The van der Waals surface area contributed by atoms with Crippen LogP contribution >= 0.6 is 0 Å². The Hall–Kier alpha value is -2.89. The highest BCUT2D eigenvalue weighted by molar-refractivity contribution is 5.77. The van der Waals surface area contributed by atoms with Gasteiger partial charge in [-0.05, 0) is 55.5 Å². The standard InChI is InChI=1S/C20H23N5O/c1-14-7-8-16-17(11-14)24-19(23-16)13-22-20(26)25-10-3-2-6-18(25)15-5-4-9-21-12-15/h4-5,7-9,11-12,18H,2-3,6,10,13H2,1H3,(H,22,26)(H,23,24). The number of H-pyrrole nitrogens is 1. The summed E-state index contributed by atoms with van der Waals surface area (Å²) in [7, 11) is 0. The number of piperidine rings is 1. The molecule has 6 nitrogen and oxygen atoms in total. The molecular formula is C20H23N5O. The Kier molecular flexibility index (Phi) is 4.56. The number of aryl methyl sites for hydroxylation is 1. The molecule has 4 rings (SSSR count). The van der Waals surface area contributed by atoms with E-state index in [9.17, 15) is 4.79 Å².